The molecule has 0 fully saturated rings. The van der Waals surface area contributed by atoms with Crippen LogP contribution in [0.3, 0.4) is 0 Å². The van der Waals surface area contributed by atoms with Crippen LogP contribution >= 0.6 is 11.6 Å². The monoisotopic (exact) mass is 253 g/mol. The molecule has 2 rings (SSSR count). The second-order valence-electron chi connectivity index (χ2n) is 3.61. The molecule has 2 aromatic rings. The van der Waals surface area contributed by atoms with Crippen molar-refractivity contribution in [2.24, 2.45) is 0 Å². The van der Waals surface area contributed by atoms with Crippen LogP contribution in [0.2, 0.25) is 5.02 Å². The van der Waals surface area contributed by atoms with Gasteiger partial charge in [-0.25, -0.2) is 0 Å². The third kappa shape index (κ3) is 2.88. The van der Waals surface area contributed by atoms with Crippen molar-refractivity contribution >= 4 is 17.5 Å². The Bertz CT molecular complexity index is 493. The molecule has 90 valence electrons. The fourth-order valence-corrected chi connectivity index (χ4v) is 1.53. The minimum atomic E-state index is -0.405. The Morgan fingerprint density at radius 2 is 2.53 bits per heavy atom. The summed E-state index contributed by atoms with van der Waals surface area (Å²) in [4.78, 5) is 11.8. The number of amides is 1. The fraction of sp³-hybridized carbons (Fsp3) is 0.273. The summed E-state index contributed by atoms with van der Waals surface area (Å²) in [5, 5.41) is 7.25. The Morgan fingerprint density at radius 1 is 1.71 bits per heavy atom. The minimum absolute atomic E-state index is 0.138. The summed E-state index contributed by atoms with van der Waals surface area (Å²) in [5.74, 6) is 0.574. The van der Waals surface area contributed by atoms with Gasteiger partial charge in [-0.15, -0.1) is 0 Å². The highest BCUT2D eigenvalue weighted by Gasteiger charge is 2.15. The quantitative estimate of drug-likeness (QED) is 0.907. The molecule has 1 unspecified atom stereocenters. The van der Waals surface area contributed by atoms with Crippen LogP contribution in [0.4, 0.5) is 0 Å². The topological polar surface area (TPSA) is 60.1 Å². The van der Waals surface area contributed by atoms with Gasteiger partial charge < -0.3 is 9.73 Å². The van der Waals surface area contributed by atoms with Crippen LogP contribution in [0, 0.1) is 0 Å². The molecule has 0 aromatic carbocycles. The standard InChI is InChI=1S/C11H12ClN3O2/c1-8(15-7-9(12)5-14-15)11(16)13-6-10-3-2-4-17-10/h2-5,7-8H,6H2,1H3,(H,13,16). The van der Waals surface area contributed by atoms with Crippen LogP contribution in [-0.2, 0) is 11.3 Å². The Kier molecular flexibility index (Phi) is 3.49. The van der Waals surface area contributed by atoms with Crippen LogP contribution in [0.5, 0.6) is 0 Å². The Labute approximate surface area is 103 Å². The van der Waals surface area contributed by atoms with Crippen LogP contribution in [0.25, 0.3) is 0 Å². The number of nitrogens with zero attached hydrogens (tertiary/aromatic N) is 2. The molecule has 0 aliphatic heterocycles. The van der Waals surface area contributed by atoms with Gasteiger partial charge in [0.05, 0.1) is 24.0 Å². The predicted octanol–water partition coefficient (Wildman–Crippen LogP) is 2.01. The van der Waals surface area contributed by atoms with Crippen molar-refractivity contribution in [1.29, 1.82) is 0 Å². The summed E-state index contributed by atoms with van der Waals surface area (Å²) in [6.07, 6.45) is 4.68. The van der Waals surface area contributed by atoms with Crippen molar-refractivity contribution in [3.63, 3.8) is 0 Å². The third-order valence-corrected chi connectivity index (χ3v) is 2.56. The van der Waals surface area contributed by atoms with E-state index in [9.17, 15) is 4.79 Å². The van der Waals surface area contributed by atoms with Crippen molar-refractivity contribution in [3.05, 3.63) is 41.6 Å². The SMILES string of the molecule is CC(C(=O)NCc1ccco1)n1cc(Cl)cn1. The average Bonchev–Trinajstić information content (AvgIpc) is 2.95. The lowest BCUT2D eigenvalue weighted by atomic mass is 10.3. The summed E-state index contributed by atoms with van der Waals surface area (Å²) >= 11 is 5.74. The van der Waals surface area contributed by atoms with E-state index in [1.165, 1.54) is 10.9 Å². The van der Waals surface area contributed by atoms with Gasteiger partial charge in [0.25, 0.3) is 0 Å². The number of nitrogens with one attached hydrogen (secondary N) is 1. The zero-order valence-electron chi connectivity index (χ0n) is 9.26. The zero-order valence-corrected chi connectivity index (χ0v) is 10.0. The zero-order chi connectivity index (χ0) is 12.3. The van der Waals surface area contributed by atoms with Gasteiger partial charge in [-0.1, -0.05) is 11.6 Å². The molecule has 0 aliphatic rings. The highest BCUT2D eigenvalue weighted by Crippen LogP contribution is 2.11. The van der Waals surface area contributed by atoms with Gasteiger partial charge in [-0.05, 0) is 19.1 Å². The number of carbonyl (C=O) groups is 1. The van der Waals surface area contributed by atoms with Crippen LogP contribution in [0.15, 0.2) is 35.2 Å². The van der Waals surface area contributed by atoms with E-state index >= 15 is 0 Å². The molecule has 17 heavy (non-hydrogen) atoms. The van der Waals surface area contributed by atoms with E-state index in [4.69, 9.17) is 16.0 Å². The molecule has 0 bridgehead atoms. The maximum atomic E-state index is 11.8. The average molecular weight is 254 g/mol. The molecule has 0 saturated carbocycles. The summed E-state index contributed by atoms with van der Waals surface area (Å²) < 4.78 is 6.63. The molecule has 0 radical (unpaired) electrons. The van der Waals surface area contributed by atoms with E-state index in [1.807, 2.05) is 0 Å². The minimum Gasteiger partial charge on any atom is -0.467 e. The first kappa shape index (κ1) is 11.7. The lowest BCUT2D eigenvalue weighted by Gasteiger charge is -2.11. The van der Waals surface area contributed by atoms with Gasteiger partial charge in [-0.2, -0.15) is 5.10 Å². The van der Waals surface area contributed by atoms with Gasteiger partial charge in [-0.3, -0.25) is 9.48 Å². The second kappa shape index (κ2) is 5.05. The molecule has 0 spiro atoms. The van der Waals surface area contributed by atoms with Crippen molar-refractivity contribution in [2.75, 3.05) is 0 Å². The molecule has 0 saturated heterocycles. The third-order valence-electron chi connectivity index (χ3n) is 2.36. The van der Waals surface area contributed by atoms with E-state index in [0.29, 0.717) is 17.3 Å². The first-order chi connectivity index (χ1) is 8.16. The first-order valence-corrected chi connectivity index (χ1v) is 5.54. The lowest BCUT2D eigenvalue weighted by Crippen LogP contribution is -2.30. The number of hydrogen-bond acceptors (Lipinski definition) is 3. The van der Waals surface area contributed by atoms with E-state index in [-0.39, 0.29) is 5.91 Å². The summed E-state index contributed by atoms with van der Waals surface area (Å²) in [5.41, 5.74) is 0. The van der Waals surface area contributed by atoms with E-state index in [0.717, 1.165) is 0 Å². The fourth-order valence-electron chi connectivity index (χ4n) is 1.38. The number of furan rings is 1. The Morgan fingerprint density at radius 3 is 3.12 bits per heavy atom. The molecule has 1 N–H and O–H groups in total. The van der Waals surface area contributed by atoms with Crippen molar-refractivity contribution < 1.29 is 9.21 Å². The molecular formula is C11H12ClN3O2. The highest BCUT2D eigenvalue weighted by molar-refractivity contribution is 6.30. The van der Waals surface area contributed by atoms with Crippen molar-refractivity contribution in [2.45, 2.75) is 19.5 Å². The molecule has 1 amide bonds. The number of aromatic nitrogens is 2. The molecule has 5 nitrogen and oxygen atoms in total. The van der Waals surface area contributed by atoms with Gasteiger partial charge in [0, 0.05) is 6.20 Å². The molecule has 0 aliphatic carbocycles. The Hall–Kier alpha value is -1.75. The van der Waals surface area contributed by atoms with E-state index in [1.54, 1.807) is 31.5 Å². The van der Waals surface area contributed by atoms with Gasteiger partial charge >= 0.3 is 0 Å². The van der Waals surface area contributed by atoms with Crippen molar-refractivity contribution in [3.8, 4) is 0 Å². The molecular weight excluding hydrogens is 242 g/mol. The lowest BCUT2D eigenvalue weighted by molar-refractivity contribution is -0.124. The van der Waals surface area contributed by atoms with E-state index < -0.39 is 6.04 Å². The van der Waals surface area contributed by atoms with Crippen LogP contribution in [-0.4, -0.2) is 15.7 Å². The smallest absolute Gasteiger partial charge is 0.244 e. The maximum Gasteiger partial charge on any atom is 0.244 e. The number of rotatable bonds is 4. The highest BCUT2D eigenvalue weighted by atomic mass is 35.5. The number of hydrogen-bond donors (Lipinski definition) is 1. The number of halogens is 1. The summed E-state index contributed by atoms with van der Waals surface area (Å²) in [7, 11) is 0. The van der Waals surface area contributed by atoms with Crippen molar-refractivity contribution in [1.82, 2.24) is 15.1 Å². The van der Waals surface area contributed by atoms with E-state index in [2.05, 4.69) is 10.4 Å². The van der Waals surface area contributed by atoms with Gasteiger partial charge in [0.1, 0.15) is 11.8 Å². The number of carbonyl (C=O) groups excluding carboxylic acids is 1. The second-order valence-corrected chi connectivity index (χ2v) is 4.05. The molecule has 2 aromatic heterocycles. The van der Waals surface area contributed by atoms with Gasteiger partial charge in [0.15, 0.2) is 0 Å². The maximum absolute atomic E-state index is 11.8. The van der Waals surface area contributed by atoms with Crippen LogP contribution in [0.1, 0.15) is 18.7 Å². The summed E-state index contributed by atoms with van der Waals surface area (Å²) in [6.45, 7) is 2.12. The largest absolute Gasteiger partial charge is 0.467 e. The normalized spacial score (nSPS) is 12.4. The van der Waals surface area contributed by atoms with Crippen LogP contribution < -0.4 is 5.32 Å². The Balaban J connectivity index is 1.91. The first-order valence-electron chi connectivity index (χ1n) is 5.16. The molecule has 2 heterocycles. The molecule has 6 heteroatoms. The predicted molar refractivity (Wildman–Crippen MR) is 62.5 cm³/mol. The summed E-state index contributed by atoms with van der Waals surface area (Å²) in [6, 6.07) is 3.17. The van der Waals surface area contributed by atoms with Gasteiger partial charge in [0.2, 0.25) is 5.91 Å². The molecule has 1 atom stereocenters.